The van der Waals surface area contributed by atoms with Crippen molar-refractivity contribution in [1.29, 1.82) is 5.26 Å². The molecule has 0 aromatic heterocycles. The van der Waals surface area contributed by atoms with Crippen molar-refractivity contribution in [3.63, 3.8) is 0 Å². The fourth-order valence-electron chi connectivity index (χ4n) is 2.13. The number of nitrogens with two attached hydrogens (primary N) is 1. The number of nitriles is 1. The zero-order chi connectivity index (χ0) is 13.2. The Hall–Kier alpha value is -1.53. The summed E-state index contributed by atoms with van der Waals surface area (Å²) < 4.78 is 5.81. The topological polar surface area (TPSA) is 59.0 Å². The molecule has 1 aromatic rings. The van der Waals surface area contributed by atoms with Gasteiger partial charge in [0.15, 0.2) is 0 Å². The van der Waals surface area contributed by atoms with E-state index in [2.05, 4.69) is 26.0 Å². The van der Waals surface area contributed by atoms with Gasteiger partial charge in [0.1, 0.15) is 17.9 Å². The maximum Gasteiger partial charge on any atom is 0.141 e. The van der Waals surface area contributed by atoms with E-state index in [1.165, 1.54) is 0 Å². The average molecular weight is 244 g/mol. The molecular weight excluding hydrogens is 224 g/mol. The Morgan fingerprint density at radius 2 is 2.11 bits per heavy atom. The van der Waals surface area contributed by atoms with Crippen LogP contribution in [-0.4, -0.2) is 12.1 Å². The Morgan fingerprint density at radius 1 is 1.44 bits per heavy atom. The number of hydrogen-bond acceptors (Lipinski definition) is 3. The van der Waals surface area contributed by atoms with E-state index in [1.54, 1.807) is 0 Å². The number of hydrogen-bond donors (Lipinski definition) is 1. The summed E-state index contributed by atoms with van der Waals surface area (Å²) in [6.07, 6.45) is 2.08. The molecule has 18 heavy (non-hydrogen) atoms. The van der Waals surface area contributed by atoms with Crippen molar-refractivity contribution in [2.45, 2.75) is 38.1 Å². The predicted octanol–water partition coefficient (Wildman–Crippen LogP) is 2.82. The standard InChI is InChI=1S/C15H20N2O/c1-11(2)13-5-3-4-6-14(13)18-10-15(17,9-16)12-7-8-12/h3-6,11-12H,7-8,10,17H2,1-2H3. The van der Waals surface area contributed by atoms with Gasteiger partial charge >= 0.3 is 0 Å². The van der Waals surface area contributed by atoms with E-state index in [0.717, 1.165) is 24.2 Å². The zero-order valence-electron chi connectivity index (χ0n) is 11.0. The third-order valence-electron chi connectivity index (χ3n) is 3.52. The van der Waals surface area contributed by atoms with Crippen LogP contribution in [0.5, 0.6) is 5.75 Å². The summed E-state index contributed by atoms with van der Waals surface area (Å²) in [6.45, 7) is 4.53. The summed E-state index contributed by atoms with van der Waals surface area (Å²) in [5.74, 6) is 1.54. The van der Waals surface area contributed by atoms with Gasteiger partial charge in [-0.2, -0.15) is 5.26 Å². The molecule has 0 amide bonds. The Bertz CT molecular complexity index is 460. The molecule has 0 radical (unpaired) electrons. The van der Waals surface area contributed by atoms with Crippen LogP contribution in [0.15, 0.2) is 24.3 Å². The van der Waals surface area contributed by atoms with Crippen LogP contribution in [0, 0.1) is 17.2 Å². The summed E-state index contributed by atoms with van der Waals surface area (Å²) in [5, 5.41) is 9.20. The minimum atomic E-state index is -0.829. The lowest BCUT2D eigenvalue weighted by atomic mass is 9.97. The molecule has 1 aromatic carbocycles. The van der Waals surface area contributed by atoms with Gasteiger partial charge in [0.25, 0.3) is 0 Å². The van der Waals surface area contributed by atoms with Gasteiger partial charge in [0, 0.05) is 0 Å². The number of ether oxygens (including phenoxy) is 1. The lowest BCUT2D eigenvalue weighted by molar-refractivity contribution is 0.234. The van der Waals surface area contributed by atoms with Crippen LogP contribution in [0.3, 0.4) is 0 Å². The van der Waals surface area contributed by atoms with Gasteiger partial charge in [-0.15, -0.1) is 0 Å². The van der Waals surface area contributed by atoms with Crippen LogP contribution >= 0.6 is 0 Å². The van der Waals surface area contributed by atoms with Crippen molar-refractivity contribution in [1.82, 2.24) is 0 Å². The van der Waals surface area contributed by atoms with E-state index in [1.807, 2.05) is 18.2 Å². The van der Waals surface area contributed by atoms with Gasteiger partial charge in [-0.1, -0.05) is 32.0 Å². The molecule has 2 N–H and O–H groups in total. The van der Waals surface area contributed by atoms with E-state index in [-0.39, 0.29) is 6.61 Å². The summed E-state index contributed by atoms with van der Waals surface area (Å²) in [7, 11) is 0. The first-order chi connectivity index (χ1) is 8.57. The second kappa shape index (κ2) is 4.99. The molecule has 3 nitrogen and oxygen atoms in total. The highest BCUT2D eigenvalue weighted by molar-refractivity contribution is 5.36. The van der Waals surface area contributed by atoms with Crippen molar-refractivity contribution in [3.8, 4) is 11.8 Å². The summed E-state index contributed by atoms with van der Waals surface area (Å²) in [4.78, 5) is 0. The molecule has 0 heterocycles. The molecule has 1 fully saturated rings. The molecule has 1 atom stereocenters. The first kappa shape index (κ1) is 12.9. The highest BCUT2D eigenvalue weighted by Gasteiger charge is 2.43. The molecular formula is C15H20N2O. The van der Waals surface area contributed by atoms with Crippen molar-refractivity contribution in [2.75, 3.05) is 6.61 Å². The van der Waals surface area contributed by atoms with E-state index in [9.17, 15) is 5.26 Å². The highest BCUT2D eigenvalue weighted by atomic mass is 16.5. The lowest BCUT2D eigenvalue weighted by Crippen LogP contribution is -2.46. The average Bonchev–Trinajstić information content (AvgIpc) is 3.21. The minimum absolute atomic E-state index is 0.276. The van der Waals surface area contributed by atoms with Crippen molar-refractivity contribution < 1.29 is 4.74 Å². The molecule has 1 unspecified atom stereocenters. The quantitative estimate of drug-likeness (QED) is 0.866. The van der Waals surface area contributed by atoms with Gasteiger partial charge in [-0.25, -0.2) is 0 Å². The van der Waals surface area contributed by atoms with Crippen molar-refractivity contribution in [2.24, 2.45) is 11.7 Å². The van der Waals surface area contributed by atoms with Gasteiger partial charge in [0.2, 0.25) is 0 Å². The molecule has 3 heteroatoms. The van der Waals surface area contributed by atoms with Gasteiger partial charge < -0.3 is 10.5 Å². The van der Waals surface area contributed by atoms with E-state index < -0.39 is 5.54 Å². The third kappa shape index (κ3) is 2.65. The third-order valence-corrected chi connectivity index (χ3v) is 3.52. The maximum atomic E-state index is 9.20. The normalized spacial score (nSPS) is 18.2. The van der Waals surface area contributed by atoms with E-state index in [4.69, 9.17) is 10.5 Å². The molecule has 96 valence electrons. The molecule has 0 saturated heterocycles. The first-order valence-corrected chi connectivity index (χ1v) is 6.48. The minimum Gasteiger partial charge on any atom is -0.490 e. The number of nitrogens with zero attached hydrogens (tertiary/aromatic N) is 1. The number of para-hydroxylation sites is 1. The van der Waals surface area contributed by atoms with Crippen LogP contribution in [0.4, 0.5) is 0 Å². The fourth-order valence-corrected chi connectivity index (χ4v) is 2.13. The van der Waals surface area contributed by atoms with Gasteiger partial charge in [-0.3, -0.25) is 0 Å². The van der Waals surface area contributed by atoms with E-state index in [0.29, 0.717) is 11.8 Å². The van der Waals surface area contributed by atoms with Crippen LogP contribution in [-0.2, 0) is 0 Å². The number of rotatable bonds is 5. The predicted molar refractivity (Wildman–Crippen MR) is 71.3 cm³/mol. The van der Waals surface area contributed by atoms with Gasteiger partial charge in [-0.05, 0) is 36.3 Å². The smallest absolute Gasteiger partial charge is 0.141 e. The second-order valence-corrected chi connectivity index (χ2v) is 5.41. The molecule has 0 spiro atoms. The molecule has 1 saturated carbocycles. The molecule has 0 bridgehead atoms. The molecule has 2 rings (SSSR count). The molecule has 1 aliphatic carbocycles. The van der Waals surface area contributed by atoms with Crippen LogP contribution in [0.2, 0.25) is 0 Å². The lowest BCUT2D eigenvalue weighted by Gasteiger charge is -2.23. The van der Waals surface area contributed by atoms with Crippen molar-refractivity contribution >= 4 is 0 Å². The first-order valence-electron chi connectivity index (χ1n) is 6.48. The molecule has 1 aliphatic rings. The Morgan fingerprint density at radius 3 is 2.67 bits per heavy atom. The maximum absolute atomic E-state index is 9.20. The molecule has 0 aliphatic heterocycles. The van der Waals surface area contributed by atoms with E-state index >= 15 is 0 Å². The van der Waals surface area contributed by atoms with Crippen molar-refractivity contribution in [3.05, 3.63) is 29.8 Å². The summed E-state index contributed by atoms with van der Waals surface area (Å²) in [6, 6.07) is 10.2. The van der Waals surface area contributed by atoms with Crippen LogP contribution < -0.4 is 10.5 Å². The van der Waals surface area contributed by atoms with Crippen LogP contribution in [0.1, 0.15) is 38.2 Å². The zero-order valence-corrected chi connectivity index (χ0v) is 11.0. The highest BCUT2D eigenvalue weighted by Crippen LogP contribution is 2.38. The fraction of sp³-hybridized carbons (Fsp3) is 0.533. The summed E-state index contributed by atoms with van der Waals surface area (Å²) >= 11 is 0. The summed E-state index contributed by atoms with van der Waals surface area (Å²) in [5.41, 5.74) is 6.42. The Kier molecular flexibility index (Phi) is 3.58. The van der Waals surface area contributed by atoms with Crippen LogP contribution in [0.25, 0.3) is 0 Å². The number of benzene rings is 1. The Labute approximate surface area is 109 Å². The largest absolute Gasteiger partial charge is 0.490 e. The Balaban J connectivity index is 2.08. The van der Waals surface area contributed by atoms with Gasteiger partial charge in [0.05, 0.1) is 6.07 Å². The second-order valence-electron chi connectivity index (χ2n) is 5.41. The monoisotopic (exact) mass is 244 g/mol. The SMILES string of the molecule is CC(C)c1ccccc1OCC(N)(C#N)C1CC1.